The molecule has 1 aliphatic carbocycles. The third kappa shape index (κ3) is 3.70. The molecule has 1 aromatic rings. The molecule has 3 fully saturated rings. The van der Waals surface area contributed by atoms with Gasteiger partial charge in [-0.1, -0.05) is 17.7 Å². The van der Waals surface area contributed by atoms with Crippen LogP contribution in [0.15, 0.2) is 18.2 Å². The van der Waals surface area contributed by atoms with Crippen LogP contribution in [0.5, 0.6) is 5.75 Å². The molecule has 0 aromatic heterocycles. The van der Waals surface area contributed by atoms with E-state index in [0.29, 0.717) is 12.5 Å². The zero-order chi connectivity index (χ0) is 18.5. The van der Waals surface area contributed by atoms with Crippen LogP contribution >= 0.6 is 11.6 Å². The molecule has 4 rings (SSSR count). The quantitative estimate of drug-likeness (QED) is 0.827. The highest BCUT2D eigenvalue weighted by atomic mass is 35.5. The second kappa shape index (κ2) is 6.69. The Morgan fingerprint density at radius 3 is 2.62 bits per heavy atom. The van der Waals surface area contributed by atoms with E-state index in [0.717, 1.165) is 18.7 Å². The van der Waals surface area contributed by atoms with Crippen LogP contribution in [0.25, 0.3) is 0 Å². The van der Waals surface area contributed by atoms with Gasteiger partial charge in [-0.25, -0.2) is 8.42 Å². The lowest BCUT2D eigenvalue weighted by Gasteiger charge is -2.44. The molecule has 1 amide bonds. The molecule has 2 atom stereocenters. The van der Waals surface area contributed by atoms with Crippen molar-refractivity contribution in [2.75, 3.05) is 31.1 Å². The third-order valence-electron chi connectivity index (χ3n) is 5.67. The first-order chi connectivity index (χ1) is 12.3. The van der Waals surface area contributed by atoms with Gasteiger partial charge in [0.2, 0.25) is 5.91 Å². The maximum absolute atomic E-state index is 12.9. The van der Waals surface area contributed by atoms with Crippen molar-refractivity contribution < 1.29 is 18.3 Å². The van der Waals surface area contributed by atoms with E-state index in [1.165, 1.54) is 18.9 Å². The van der Waals surface area contributed by atoms with Gasteiger partial charge in [-0.05, 0) is 36.5 Å². The number of carbonyl (C=O) groups excluding carboxylic acids is 1. The molecule has 0 radical (unpaired) electrons. The summed E-state index contributed by atoms with van der Waals surface area (Å²) in [6, 6.07) is 4.39. The van der Waals surface area contributed by atoms with Crippen LogP contribution in [0.2, 0.25) is 5.02 Å². The molecule has 0 unspecified atom stereocenters. The van der Waals surface area contributed by atoms with Gasteiger partial charge < -0.3 is 10.0 Å². The van der Waals surface area contributed by atoms with Gasteiger partial charge in [-0.3, -0.25) is 9.69 Å². The number of amides is 1. The summed E-state index contributed by atoms with van der Waals surface area (Å²) in [5, 5.41) is 9.73. The molecule has 1 N–H and O–H groups in total. The van der Waals surface area contributed by atoms with E-state index in [2.05, 4.69) is 4.90 Å². The van der Waals surface area contributed by atoms with Gasteiger partial charge in [-0.2, -0.15) is 0 Å². The fourth-order valence-electron chi connectivity index (χ4n) is 4.13. The molecule has 2 aliphatic heterocycles. The van der Waals surface area contributed by atoms with E-state index in [9.17, 15) is 18.3 Å². The highest BCUT2D eigenvalue weighted by Gasteiger charge is 2.48. The van der Waals surface area contributed by atoms with Crippen molar-refractivity contribution in [1.82, 2.24) is 9.80 Å². The number of phenols is 1. The average Bonchev–Trinajstić information content (AvgIpc) is 3.31. The lowest BCUT2D eigenvalue weighted by Crippen LogP contribution is -2.61. The largest absolute Gasteiger partial charge is 0.506 e. The Hall–Kier alpha value is -1.31. The highest BCUT2D eigenvalue weighted by molar-refractivity contribution is 7.91. The van der Waals surface area contributed by atoms with E-state index < -0.39 is 9.84 Å². The number of nitrogens with zero attached hydrogens (tertiary/aromatic N) is 2. The van der Waals surface area contributed by atoms with Crippen molar-refractivity contribution in [3.05, 3.63) is 28.8 Å². The third-order valence-corrected chi connectivity index (χ3v) is 7.67. The molecule has 2 heterocycles. The second-order valence-corrected chi connectivity index (χ2v) is 10.3. The molecule has 2 saturated heterocycles. The summed E-state index contributed by atoms with van der Waals surface area (Å²) in [5.74, 6) is 0.809. The Morgan fingerprint density at radius 1 is 1.19 bits per heavy atom. The zero-order valence-electron chi connectivity index (χ0n) is 14.5. The van der Waals surface area contributed by atoms with Gasteiger partial charge in [0.05, 0.1) is 29.0 Å². The van der Waals surface area contributed by atoms with Crippen LogP contribution in [0.4, 0.5) is 0 Å². The molecular weight excluding hydrogens is 376 g/mol. The zero-order valence-corrected chi connectivity index (χ0v) is 16.0. The number of fused-ring (bicyclic) bond motifs is 1. The molecule has 3 aliphatic rings. The summed E-state index contributed by atoms with van der Waals surface area (Å²) in [6.07, 6.45) is 2.61. The number of aromatic hydroxyl groups is 1. The van der Waals surface area contributed by atoms with Gasteiger partial charge in [0, 0.05) is 25.7 Å². The van der Waals surface area contributed by atoms with Gasteiger partial charge >= 0.3 is 0 Å². The first-order valence-electron chi connectivity index (χ1n) is 9.04. The maximum atomic E-state index is 12.9. The number of benzene rings is 1. The monoisotopic (exact) mass is 398 g/mol. The Labute approximate surface area is 158 Å². The minimum Gasteiger partial charge on any atom is -0.506 e. The first kappa shape index (κ1) is 18.1. The number of halogens is 1. The minimum absolute atomic E-state index is 0.0153. The molecular formula is C18H23ClN2O4S. The smallest absolute Gasteiger partial charge is 0.227 e. The Kier molecular flexibility index (Phi) is 4.65. The molecule has 26 heavy (non-hydrogen) atoms. The Morgan fingerprint density at radius 2 is 1.92 bits per heavy atom. The predicted octanol–water partition coefficient (Wildman–Crippen LogP) is 1.31. The summed E-state index contributed by atoms with van der Waals surface area (Å²) in [6.45, 7) is 2.25. The van der Waals surface area contributed by atoms with Crippen molar-refractivity contribution in [2.45, 2.75) is 31.3 Å². The highest BCUT2D eigenvalue weighted by Crippen LogP contribution is 2.34. The first-order valence-corrected chi connectivity index (χ1v) is 11.2. The van der Waals surface area contributed by atoms with Gasteiger partial charge in [0.25, 0.3) is 0 Å². The van der Waals surface area contributed by atoms with Crippen molar-refractivity contribution in [1.29, 1.82) is 0 Å². The Balaban J connectivity index is 1.50. The van der Waals surface area contributed by atoms with Gasteiger partial charge in [0.15, 0.2) is 9.84 Å². The van der Waals surface area contributed by atoms with Crippen molar-refractivity contribution in [3.63, 3.8) is 0 Å². The summed E-state index contributed by atoms with van der Waals surface area (Å²) in [5.41, 5.74) is 0.718. The minimum atomic E-state index is -3.12. The maximum Gasteiger partial charge on any atom is 0.227 e. The van der Waals surface area contributed by atoms with Crippen LogP contribution in [-0.2, 0) is 21.1 Å². The molecule has 0 bridgehead atoms. The van der Waals surface area contributed by atoms with Crippen molar-refractivity contribution >= 4 is 27.3 Å². The van der Waals surface area contributed by atoms with Crippen molar-refractivity contribution in [3.8, 4) is 5.75 Å². The van der Waals surface area contributed by atoms with Crippen LogP contribution in [0.3, 0.4) is 0 Å². The lowest BCUT2D eigenvalue weighted by molar-refractivity contribution is -0.136. The number of carbonyl (C=O) groups is 1. The van der Waals surface area contributed by atoms with Crippen LogP contribution in [0, 0.1) is 5.92 Å². The van der Waals surface area contributed by atoms with E-state index >= 15 is 0 Å². The van der Waals surface area contributed by atoms with Gasteiger partial charge in [0.1, 0.15) is 5.75 Å². The fraction of sp³-hybridized carbons (Fsp3) is 0.611. The van der Waals surface area contributed by atoms with E-state index in [4.69, 9.17) is 11.6 Å². The molecule has 1 aromatic carbocycles. The second-order valence-electron chi connectivity index (χ2n) is 7.70. The molecule has 6 nitrogen and oxygen atoms in total. The molecule has 142 valence electrons. The summed E-state index contributed by atoms with van der Waals surface area (Å²) in [4.78, 5) is 16.9. The predicted molar refractivity (Wildman–Crippen MR) is 99.1 cm³/mol. The van der Waals surface area contributed by atoms with Crippen molar-refractivity contribution in [2.24, 2.45) is 5.92 Å². The van der Waals surface area contributed by atoms with Gasteiger partial charge in [-0.15, -0.1) is 0 Å². The summed E-state index contributed by atoms with van der Waals surface area (Å²) >= 11 is 5.92. The number of phenolic OH excluding ortho intramolecular Hbond substituents is 1. The van der Waals surface area contributed by atoms with Crippen LogP contribution < -0.4 is 0 Å². The fourth-order valence-corrected chi connectivity index (χ4v) is 6.34. The standard InChI is InChI=1S/C18H23ClN2O4S/c19-14-7-13(3-4-17(14)22)8-18(23)21-6-5-20(9-12-1-2-12)15-10-26(24,25)11-16(15)21/h3-4,7,12,15-16,22H,1-2,5-6,8-11H2/t15-,16+/m1/s1. The number of sulfone groups is 1. The number of rotatable bonds is 4. The summed E-state index contributed by atoms with van der Waals surface area (Å²) < 4.78 is 24.5. The SMILES string of the molecule is O=C(Cc1ccc(O)c(Cl)c1)N1CCN(CC2CC2)[C@@H]2CS(=O)(=O)C[C@@H]21. The number of hydrogen-bond acceptors (Lipinski definition) is 5. The van der Waals surface area contributed by atoms with E-state index in [1.54, 1.807) is 17.0 Å². The van der Waals surface area contributed by atoms with E-state index in [-0.39, 0.29) is 46.7 Å². The molecule has 0 spiro atoms. The lowest BCUT2D eigenvalue weighted by atomic mass is 10.0. The van der Waals surface area contributed by atoms with E-state index in [1.807, 2.05) is 0 Å². The average molecular weight is 399 g/mol. The van der Waals surface area contributed by atoms with Crippen LogP contribution in [0.1, 0.15) is 18.4 Å². The number of piperazine rings is 1. The topological polar surface area (TPSA) is 77.9 Å². The van der Waals surface area contributed by atoms with Crippen LogP contribution in [-0.4, -0.2) is 72.5 Å². The molecule has 8 heteroatoms. The summed E-state index contributed by atoms with van der Waals surface area (Å²) in [7, 11) is -3.12. The number of hydrogen-bond donors (Lipinski definition) is 1. The Bertz CT molecular complexity index is 824. The normalized spacial score (nSPS) is 28.1. The molecule has 1 saturated carbocycles.